The van der Waals surface area contributed by atoms with Gasteiger partial charge in [0.15, 0.2) is 0 Å². The van der Waals surface area contributed by atoms with Gasteiger partial charge < -0.3 is 38.6 Å². The second kappa shape index (κ2) is 30.4. The summed E-state index contributed by atoms with van der Waals surface area (Å²) in [6, 6.07) is 0. The molecule has 0 radical (unpaired) electrons. The molecular weight excluding hydrogens is 356 g/mol. The Morgan fingerprint density at radius 2 is 0.815 bits per heavy atom. The third-order valence-corrected chi connectivity index (χ3v) is 3.06. The van der Waals surface area contributed by atoms with Gasteiger partial charge in [-0.05, 0) is 13.3 Å². The fourth-order valence-electron chi connectivity index (χ4n) is 1.71. The molecule has 0 aliphatic rings. The largest absolute Gasteiger partial charge is 0.394 e. The van der Waals surface area contributed by atoms with Gasteiger partial charge in [-0.1, -0.05) is 19.8 Å². The van der Waals surface area contributed by atoms with E-state index in [4.69, 9.17) is 38.6 Å². The molecule has 0 bridgehead atoms. The molecule has 0 spiro atoms. The van der Waals surface area contributed by atoms with Gasteiger partial charge in [0.2, 0.25) is 0 Å². The molecule has 0 fully saturated rings. The standard InChI is InChI=1S/C12H26O7.C7H16O/c13-1-3-15-5-7-17-9-11-19-12-10-18-8-6-16-4-2-14;1-3-5-6-7-8-4-2/h13-14H,1-12H2;3-7H2,1-2H3. The van der Waals surface area contributed by atoms with Crippen molar-refractivity contribution >= 4 is 0 Å². The van der Waals surface area contributed by atoms with E-state index in [0.717, 1.165) is 13.2 Å². The van der Waals surface area contributed by atoms with Gasteiger partial charge in [-0.2, -0.15) is 0 Å². The van der Waals surface area contributed by atoms with Gasteiger partial charge in [-0.25, -0.2) is 0 Å². The lowest BCUT2D eigenvalue weighted by molar-refractivity contribution is -0.0151. The predicted octanol–water partition coefficient (Wildman–Crippen LogP) is 1.27. The van der Waals surface area contributed by atoms with Gasteiger partial charge in [0.25, 0.3) is 0 Å². The monoisotopic (exact) mass is 398 g/mol. The lowest BCUT2D eigenvalue weighted by atomic mass is 10.3. The van der Waals surface area contributed by atoms with E-state index in [1.54, 1.807) is 0 Å². The maximum atomic E-state index is 8.45. The third kappa shape index (κ3) is 33.7. The van der Waals surface area contributed by atoms with E-state index in [-0.39, 0.29) is 13.2 Å². The van der Waals surface area contributed by atoms with Crippen LogP contribution in [0.5, 0.6) is 0 Å². The Bertz CT molecular complexity index is 210. The Kier molecular flexibility index (Phi) is 32.5. The van der Waals surface area contributed by atoms with E-state index in [1.807, 2.05) is 6.92 Å². The fourth-order valence-corrected chi connectivity index (χ4v) is 1.71. The van der Waals surface area contributed by atoms with Gasteiger partial charge >= 0.3 is 0 Å². The summed E-state index contributed by atoms with van der Waals surface area (Å²) in [6.07, 6.45) is 3.82. The summed E-state index contributed by atoms with van der Waals surface area (Å²) in [7, 11) is 0. The van der Waals surface area contributed by atoms with E-state index in [0.29, 0.717) is 66.1 Å². The van der Waals surface area contributed by atoms with E-state index < -0.39 is 0 Å². The first-order valence-electron chi connectivity index (χ1n) is 10.0. The molecule has 0 aromatic heterocycles. The minimum Gasteiger partial charge on any atom is -0.394 e. The van der Waals surface area contributed by atoms with Crippen LogP contribution in [0.4, 0.5) is 0 Å². The van der Waals surface area contributed by atoms with Gasteiger partial charge in [0.05, 0.1) is 79.3 Å². The zero-order valence-electron chi connectivity index (χ0n) is 17.4. The van der Waals surface area contributed by atoms with Gasteiger partial charge in [-0.15, -0.1) is 0 Å². The lowest BCUT2D eigenvalue weighted by Crippen LogP contribution is -2.14. The van der Waals surface area contributed by atoms with E-state index in [9.17, 15) is 0 Å². The van der Waals surface area contributed by atoms with Crippen molar-refractivity contribution in [3.8, 4) is 0 Å². The number of aliphatic hydroxyl groups excluding tert-OH is 2. The summed E-state index contributed by atoms with van der Waals surface area (Å²) < 4.78 is 30.9. The molecule has 0 heterocycles. The molecule has 0 aromatic carbocycles. The smallest absolute Gasteiger partial charge is 0.0701 e. The molecule has 0 saturated heterocycles. The minimum atomic E-state index is 0.0359. The highest BCUT2D eigenvalue weighted by Gasteiger charge is 1.93. The Morgan fingerprint density at radius 3 is 1.11 bits per heavy atom. The normalized spacial score (nSPS) is 10.7. The van der Waals surface area contributed by atoms with Crippen molar-refractivity contribution in [2.75, 3.05) is 92.5 Å². The van der Waals surface area contributed by atoms with Crippen LogP contribution in [0.1, 0.15) is 33.1 Å². The van der Waals surface area contributed by atoms with Crippen LogP contribution in [0.15, 0.2) is 0 Å². The van der Waals surface area contributed by atoms with Crippen LogP contribution in [0.25, 0.3) is 0 Å². The first-order valence-corrected chi connectivity index (χ1v) is 10.0. The summed E-state index contributed by atoms with van der Waals surface area (Å²) in [5.41, 5.74) is 0. The first-order chi connectivity index (χ1) is 13.3. The number of unbranched alkanes of at least 4 members (excludes halogenated alkanes) is 2. The zero-order chi connectivity index (χ0) is 20.3. The third-order valence-electron chi connectivity index (χ3n) is 3.06. The molecule has 8 nitrogen and oxygen atoms in total. The molecule has 0 aliphatic carbocycles. The minimum absolute atomic E-state index is 0.0359. The van der Waals surface area contributed by atoms with E-state index in [1.165, 1.54) is 19.3 Å². The van der Waals surface area contributed by atoms with Crippen LogP contribution in [0, 0.1) is 0 Å². The van der Waals surface area contributed by atoms with E-state index >= 15 is 0 Å². The van der Waals surface area contributed by atoms with Crippen LogP contribution < -0.4 is 0 Å². The molecular formula is C19H42O8. The molecule has 8 heteroatoms. The molecule has 0 aromatic rings. The van der Waals surface area contributed by atoms with Crippen molar-refractivity contribution in [2.24, 2.45) is 0 Å². The number of aliphatic hydroxyl groups is 2. The first kappa shape index (κ1) is 28.9. The van der Waals surface area contributed by atoms with Crippen LogP contribution >= 0.6 is 0 Å². The Balaban J connectivity index is 0. The fraction of sp³-hybridized carbons (Fsp3) is 1.00. The maximum Gasteiger partial charge on any atom is 0.0701 e. The molecule has 0 unspecified atom stereocenters. The second-order valence-corrected chi connectivity index (χ2v) is 5.41. The molecule has 0 amide bonds. The quantitative estimate of drug-likeness (QED) is 0.279. The molecule has 2 N–H and O–H groups in total. The average molecular weight is 399 g/mol. The topological polar surface area (TPSA) is 95.8 Å². The highest BCUT2D eigenvalue weighted by Crippen LogP contribution is 1.92. The highest BCUT2D eigenvalue weighted by atomic mass is 16.6. The van der Waals surface area contributed by atoms with Crippen molar-refractivity contribution in [1.82, 2.24) is 0 Å². The molecule has 0 saturated carbocycles. The van der Waals surface area contributed by atoms with Crippen LogP contribution in [-0.2, 0) is 28.4 Å². The summed E-state index contributed by atoms with van der Waals surface area (Å²) in [4.78, 5) is 0. The van der Waals surface area contributed by atoms with Crippen molar-refractivity contribution in [3.05, 3.63) is 0 Å². The van der Waals surface area contributed by atoms with Crippen LogP contribution in [-0.4, -0.2) is 103 Å². The highest BCUT2D eigenvalue weighted by molar-refractivity contribution is 4.36. The Labute approximate surface area is 165 Å². The number of ether oxygens (including phenoxy) is 6. The van der Waals surface area contributed by atoms with Crippen molar-refractivity contribution in [3.63, 3.8) is 0 Å². The number of hydrogen-bond acceptors (Lipinski definition) is 8. The summed E-state index contributed by atoms with van der Waals surface area (Å²) >= 11 is 0. The lowest BCUT2D eigenvalue weighted by Gasteiger charge is -2.07. The molecule has 0 atom stereocenters. The maximum absolute atomic E-state index is 8.45. The van der Waals surface area contributed by atoms with E-state index in [2.05, 4.69) is 6.92 Å². The predicted molar refractivity (Wildman–Crippen MR) is 104 cm³/mol. The van der Waals surface area contributed by atoms with Gasteiger partial charge in [0, 0.05) is 13.2 Å². The molecule has 27 heavy (non-hydrogen) atoms. The molecule has 166 valence electrons. The number of hydrogen-bond donors (Lipinski definition) is 2. The SMILES string of the molecule is CCCCCOCC.OCCOCCOCCOCCOCCOCCO. The van der Waals surface area contributed by atoms with Crippen molar-refractivity contribution < 1.29 is 38.6 Å². The molecule has 0 aliphatic heterocycles. The summed E-state index contributed by atoms with van der Waals surface area (Å²) in [5, 5.41) is 16.9. The zero-order valence-corrected chi connectivity index (χ0v) is 17.4. The summed E-state index contributed by atoms with van der Waals surface area (Å²) in [5.74, 6) is 0. The summed E-state index contributed by atoms with van der Waals surface area (Å²) in [6.45, 7) is 10.9. The van der Waals surface area contributed by atoms with Gasteiger partial charge in [0.1, 0.15) is 0 Å². The van der Waals surface area contributed by atoms with Crippen molar-refractivity contribution in [2.45, 2.75) is 33.1 Å². The Morgan fingerprint density at radius 1 is 0.444 bits per heavy atom. The van der Waals surface area contributed by atoms with Crippen LogP contribution in [0.2, 0.25) is 0 Å². The second-order valence-electron chi connectivity index (χ2n) is 5.41. The van der Waals surface area contributed by atoms with Crippen LogP contribution in [0.3, 0.4) is 0 Å². The number of rotatable bonds is 21. The van der Waals surface area contributed by atoms with Gasteiger partial charge in [-0.3, -0.25) is 0 Å². The molecule has 0 rings (SSSR count). The Hall–Kier alpha value is -0.320. The average Bonchev–Trinajstić information content (AvgIpc) is 2.69. The van der Waals surface area contributed by atoms with Crippen molar-refractivity contribution in [1.29, 1.82) is 0 Å².